The Balaban J connectivity index is 2.03. The van der Waals surface area contributed by atoms with E-state index in [-0.39, 0.29) is 0 Å². The average Bonchev–Trinajstić information content (AvgIpc) is 2.33. The van der Waals surface area contributed by atoms with Crippen molar-refractivity contribution in [1.29, 1.82) is 5.26 Å². The third-order valence-corrected chi connectivity index (χ3v) is 3.31. The van der Waals surface area contributed by atoms with E-state index in [2.05, 4.69) is 35.2 Å². The largest absolute Gasteiger partial charge is 0.367 e. The van der Waals surface area contributed by atoms with Gasteiger partial charge in [0.1, 0.15) is 17.6 Å². The van der Waals surface area contributed by atoms with Crippen LogP contribution in [0, 0.1) is 17.2 Å². The van der Waals surface area contributed by atoms with E-state index in [1.807, 2.05) is 12.1 Å². The third-order valence-electron chi connectivity index (χ3n) is 3.31. The van der Waals surface area contributed by atoms with E-state index >= 15 is 0 Å². The monoisotopic (exact) mass is 230 g/mol. The number of likely N-dealkylation sites (tertiary alicyclic amines) is 1. The molecule has 0 saturated carbocycles. The first-order valence-electron chi connectivity index (χ1n) is 6.01. The average molecular weight is 230 g/mol. The molecule has 90 valence electrons. The molecule has 2 rings (SSSR count). The molecule has 0 bridgehead atoms. The van der Waals surface area contributed by atoms with Crippen LogP contribution in [0.1, 0.15) is 19.0 Å². The van der Waals surface area contributed by atoms with Gasteiger partial charge in [-0.2, -0.15) is 5.26 Å². The van der Waals surface area contributed by atoms with Gasteiger partial charge in [-0.3, -0.25) is 0 Å². The molecule has 1 N–H and O–H groups in total. The highest BCUT2D eigenvalue weighted by atomic mass is 15.1. The summed E-state index contributed by atoms with van der Waals surface area (Å²) < 4.78 is 0. The Morgan fingerprint density at radius 1 is 1.53 bits per heavy atom. The molecule has 4 heteroatoms. The zero-order chi connectivity index (χ0) is 12.3. The number of nitriles is 1. The molecule has 0 amide bonds. The van der Waals surface area contributed by atoms with Gasteiger partial charge in [0.15, 0.2) is 0 Å². The van der Waals surface area contributed by atoms with Gasteiger partial charge in [-0.1, -0.05) is 13.0 Å². The second kappa shape index (κ2) is 5.15. The minimum absolute atomic E-state index is 0.452. The molecule has 2 heterocycles. The second-order valence-electron chi connectivity index (χ2n) is 4.80. The Labute approximate surface area is 102 Å². The summed E-state index contributed by atoms with van der Waals surface area (Å²) in [6, 6.07) is 8.03. The smallest absolute Gasteiger partial charge is 0.142 e. The zero-order valence-electron chi connectivity index (χ0n) is 10.3. The van der Waals surface area contributed by atoms with Crippen LogP contribution in [0.4, 0.5) is 5.82 Å². The molecule has 1 aliphatic heterocycles. The molecule has 1 aliphatic rings. The minimum atomic E-state index is 0.452. The van der Waals surface area contributed by atoms with Crippen LogP contribution < -0.4 is 5.32 Å². The third kappa shape index (κ3) is 2.95. The van der Waals surface area contributed by atoms with Crippen LogP contribution in [0.2, 0.25) is 0 Å². The molecule has 0 spiro atoms. The quantitative estimate of drug-likeness (QED) is 0.840. The standard InChI is InChI=1S/C13H18N4/c1-10-9-17(2)7-6-12(10)16-13-5-3-4-11(8-14)15-13/h3-5,10,12H,6-7,9H2,1-2H3,(H,15,16). The van der Waals surface area contributed by atoms with Gasteiger partial charge in [0.25, 0.3) is 0 Å². The lowest BCUT2D eigenvalue weighted by Gasteiger charge is -2.35. The fourth-order valence-corrected chi connectivity index (χ4v) is 2.34. The van der Waals surface area contributed by atoms with Crippen LogP contribution in [-0.2, 0) is 0 Å². The molecule has 0 aliphatic carbocycles. The van der Waals surface area contributed by atoms with Gasteiger partial charge >= 0.3 is 0 Å². The molecule has 1 aromatic heterocycles. The van der Waals surface area contributed by atoms with Crippen molar-refractivity contribution in [2.45, 2.75) is 19.4 Å². The Hall–Kier alpha value is -1.60. The topological polar surface area (TPSA) is 52.0 Å². The molecule has 1 fully saturated rings. The van der Waals surface area contributed by atoms with E-state index in [4.69, 9.17) is 5.26 Å². The Bertz CT molecular complexity index is 424. The lowest BCUT2D eigenvalue weighted by atomic mass is 9.94. The van der Waals surface area contributed by atoms with Crippen molar-refractivity contribution in [2.24, 2.45) is 5.92 Å². The summed E-state index contributed by atoms with van der Waals surface area (Å²) in [6.07, 6.45) is 1.12. The molecule has 1 aromatic rings. The molecule has 0 radical (unpaired) electrons. The number of aromatic nitrogens is 1. The number of nitrogens with one attached hydrogen (secondary N) is 1. The van der Waals surface area contributed by atoms with Gasteiger partial charge in [-0.05, 0) is 38.1 Å². The molecule has 1 saturated heterocycles. The summed E-state index contributed by atoms with van der Waals surface area (Å²) in [6.45, 7) is 4.47. The number of hydrogen-bond donors (Lipinski definition) is 1. The fourth-order valence-electron chi connectivity index (χ4n) is 2.34. The van der Waals surface area contributed by atoms with E-state index in [1.54, 1.807) is 6.07 Å². The maximum absolute atomic E-state index is 8.81. The highest BCUT2D eigenvalue weighted by Crippen LogP contribution is 2.19. The van der Waals surface area contributed by atoms with Crippen LogP contribution in [0.15, 0.2) is 18.2 Å². The van der Waals surface area contributed by atoms with Crippen molar-refractivity contribution in [3.8, 4) is 6.07 Å². The Morgan fingerprint density at radius 3 is 3.06 bits per heavy atom. The number of hydrogen-bond acceptors (Lipinski definition) is 4. The van der Waals surface area contributed by atoms with Crippen LogP contribution in [0.3, 0.4) is 0 Å². The molecule has 2 unspecified atom stereocenters. The lowest BCUT2D eigenvalue weighted by molar-refractivity contribution is 0.206. The number of piperidine rings is 1. The van der Waals surface area contributed by atoms with Crippen molar-refractivity contribution in [3.63, 3.8) is 0 Å². The minimum Gasteiger partial charge on any atom is -0.367 e. The van der Waals surface area contributed by atoms with E-state index in [0.29, 0.717) is 17.7 Å². The maximum atomic E-state index is 8.81. The normalized spacial score (nSPS) is 25.2. The van der Waals surface area contributed by atoms with Gasteiger partial charge in [-0.25, -0.2) is 4.98 Å². The highest BCUT2D eigenvalue weighted by Gasteiger charge is 2.24. The predicted octanol–water partition coefficient (Wildman–Crippen LogP) is 1.71. The summed E-state index contributed by atoms with van der Waals surface area (Å²) in [5.41, 5.74) is 0.468. The molecule has 17 heavy (non-hydrogen) atoms. The number of pyridine rings is 1. The highest BCUT2D eigenvalue weighted by molar-refractivity contribution is 5.39. The Kier molecular flexibility index (Phi) is 3.60. The van der Waals surface area contributed by atoms with Gasteiger partial charge < -0.3 is 10.2 Å². The summed E-state index contributed by atoms with van der Waals surface area (Å²) in [5, 5.41) is 12.2. The van der Waals surface area contributed by atoms with Crippen molar-refractivity contribution in [1.82, 2.24) is 9.88 Å². The van der Waals surface area contributed by atoms with Gasteiger partial charge in [-0.15, -0.1) is 0 Å². The SMILES string of the molecule is CC1CN(C)CCC1Nc1cccc(C#N)n1. The van der Waals surface area contributed by atoms with Crippen molar-refractivity contribution in [2.75, 3.05) is 25.5 Å². The summed E-state index contributed by atoms with van der Waals surface area (Å²) in [7, 11) is 2.15. The zero-order valence-corrected chi connectivity index (χ0v) is 10.3. The van der Waals surface area contributed by atoms with E-state index in [0.717, 1.165) is 25.3 Å². The maximum Gasteiger partial charge on any atom is 0.142 e. The summed E-state index contributed by atoms with van der Waals surface area (Å²) in [5.74, 6) is 1.41. The van der Waals surface area contributed by atoms with Crippen LogP contribution in [-0.4, -0.2) is 36.1 Å². The lowest BCUT2D eigenvalue weighted by Crippen LogP contribution is -2.43. The first kappa shape index (κ1) is 11.9. The van der Waals surface area contributed by atoms with Crippen LogP contribution in [0.25, 0.3) is 0 Å². The number of rotatable bonds is 2. The Morgan fingerprint density at radius 2 is 2.35 bits per heavy atom. The van der Waals surface area contributed by atoms with Crippen molar-refractivity contribution < 1.29 is 0 Å². The predicted molar refractivity (Wildman–Crippen MR) is 67.6 cm³/mol. The van der Waals surface area contributed by atoms with Crippen LogP contribution in [0.5, 0.6) is 0 Å². The second-order valence-corrected chi connectivity index (χ2v) is 4.80. The number of nitrogens with zero attached hydrogens (tertiary/aromatic N) is 3. The van der Waals surface area contributed by atoms with E-state index < -0.39 is 0 Å². The fraction of sp³-hybridized carbons (Fsp3) is 0.538. The molecule has 0 aromatic carbocycles. The van der Waals surface area contributed by atoms with Crippen molar-refractivity contribution in [3.05, 3.63) is 23.9 Å². The molecular formula is C13H18N4. The first-order valence-corrected chi connectivity index (χ1v) is 6.01. The molecular weight excluding hydrogens is 212 g/mol. The first-order chi connectivity index (χ1) is 8.19. The van der Waals surface area contributed by atoms with E-state index in [1.165, 1.54) is 0 Å². The van der Waals surface area contributed by atoms with Crippen LogP contribution >= 0.6 is 0 Å². The summed E-state index contributed by atoms with van der Waals surface area (Å²) in [4.78, 5) is 6.60. The van der Waals surface area contributed by atoms with Gasteiger partial charge in [0.05, 0.1) is 0 Å². The van der Waals surface area contributed by atoms with E-state index in [9.17, 15) is 0 Å². The molecule has 4 nitrogen and oxygen atoms in total. The number of anilines is 1. The molecule has 2 atom stereocenters. The van der Waals surface area contributed by atoms with Gasteiger partial charge in [0.2, 0.25) is 0 Å². The summed E-state index contributed by atoms with van der Waals surface area (Å²) >= 11 is 0. The van der Waals surface area contributed by atoms with Gasteiger partial charge in [0, 0.05) is 12.6 Å². The van der Waals surface area contributed by atoms with Crippen molar-refractivity contribution >= 4 is 5.82 Å².